The number of benzene rings is 1. The van der Waals surface area contributed by atoms with E-state index in [-0.39, 0.29) is 0 Å². The Morgan fingerprint density at radius 1 is 1.24 bits per heavy atom. The molecule has 0 spiro atoms. The number of phenols is 1. The average Bonchev–Trinajstić information content (AvgIpc) is 2.57. The van der Waals surface area contributed by atoms with Crippen molar-refractivity contribution in [3.8, 4) is 5.75 Å². The fraction of sp³-hybridized carbons (Fsp3) is 0.600. The Labute approximate surface area is 104 Å². The SMILES string of the molecule is CCC1CCCCCN1Cc1ccccc1O. The molecule has 94 valence electrons. The summed E-state index contributed by atoms with van der Waals surface area (Å²) in [4.78, 5) is 2.54. The Morgan fingerprint density at radius 2 is 2.06 bits per heavy atom. The predicted molar refractivity (Wildman–Crippen MR) is 71.1 cm³/mol. The van der Waals surface area contributed by atoms with E-state index >= 15 is 0 Å². The number of hydrogen-bond donors (Lipinski definition) is 1. The van der Waals surface area contributed by atoms with Crippen molar-refractivity contribution in [2.75, 3.05) is 6.54 Å². The zero-order chi connectivity index (χ0) is 12.1. The summed E-state index contributed by atoms with van der Waals surface area (Å²) in [5, 5.41) is 9.84. The van der Waals surface area contributed by atoms with Gasteiger partial charge in [0.25, 0.3) is 0 Å². The van der Waals surface area contributed by atoms with E-state index < -0.39 is 0 Å². The van der Waals surface area contributed by atoms with Gasteiger partial charge in [0.2, 0.25) is 0 Å². The maximum atomic E-state index is 9.84. The molecule has 2 nitrogen and oxygen atoms in total. The summed E-state index contributed by atoms with van der Waals surface area (Å²) in [5.74, 6) is 0.437. The number of hydrogen-bond acceptors (Lipinski definition) is 2. The highest BCUT2D eigenvalue weighted by molar-refractivity contribution is 5.31. The first-order valence-electron chi connectivity index (χ1n) is 6.82. The molecule has 1 saturated heterocycles. The zero-order valence-electron chi connectivity index (χ0n) is 10.7. The van der Waals surface area contributed by atoms with Crippen molar-refractivity contribution in [1.82, 2.24) is 4.90 Å². The van der Waals surface area contributed by atoms with Gasteiger partial charge in [0.15, 0.2) is 0 Å². The molecule has 0 aliphatic carbocycles. The average molecular weight is 233 g/mol. The summed E-state index contributed by atoms with van der Waals surface area (Å²) in [6, 6.07) is 8.41. The zero-order valence-corrected chi connectivity index (χ0v) is 10.7. The summed E-state index contributed by atoms with van der Waals surface area (Å²) in [6.45, 7) is 4.34. The second-order valence-electron chi connectivity index (χ2n) is 5.01. The first-order valence-corrected chi connectivity index (χ1v) is 6.82. The van der Waals surface area contributed by atoms with Crippen LogP contribution in [0.1, 0.15) is 44.6 Å². The fourth-order valence-corrected chi connectivity index (χ4v) is 2.77. The van der Waals surface area contributed by atoms with E-state index in [9.17, 15) is 5.11 Å². The third-order valence-corrected chi connectivity index (χ3v) is 3.84. The Kier molecular flexibility index (Phi) is 4.43. The molecule has 1 N–H and O–H groups in total. The van der Waals surface area contributed by atoms with Crippen molar-refractivity contribution >= 4 is 0 Å². The van der Waals surface area contributed by atoms with Crippen LogP contribution in [-0.2, 0) is 6.54 Å². The quantitative estimate of drug-likeness (QED) is 0.863. The largest absolute Gasteiger partial charge is 0.508 e. The van der Waals surface area contributed by atoms with Crippen molar-refractivity contribution in [2.45, 2.75) is 51.6 Å². The fourth-order valence-electron chi connectivity index (χ4n) is 2.77. The Balaban J connectivity index is 2.07. The molecule has 1 unspecified atom stereocenters. The first kappa shape index (κ1) is 12.4. The van der Waals surface area contributed by atoms with Crippen LogP contribution in [0.5, 0.6) is 5.75 Å². The lowest BCUT2D eigenvalue weighted by atomic mass is 10.1. The van der Waals surface area contributed by atoms with E-state index in [1.54, 1.807) is 6.07 Å². The van der Waals surface area contributed by atoms with Gasteiger partial charge in [0.1, 0.15) is 5.75 Å². The number of likely N-dealkylation sites (tertiary alicyclic amines) is 1. The summed E-state index contributed by atoms with van der Waals surface area (Å²) in [6.07, 6.45) is 6.53. The molecule has 0 bridgehead atoms. The van der Waals surface area contributed by atoms with Gasteiger partial charge >= 0.3 is 0 Å². The Bertz CT molecular complexity index is 351. The molecular formula is C15H23NO. The lowest BCUT2D eigenvalue weighted by molar-refractivity contribution is 0.184. The van der Waals surface area contributed by atoms with Gasteiger partial charge in [-0.2, -0.15) is 0 Å². The van der Waals surface area contributed by atoms with Crippen molar-refractivity contribution in [2.24, 2.45) is 0 Å². The van der Waals surface area contributed by atoms with Crippen LogP contribution in [0.15, 0.2) is 24.3 Å². The van der Waals surface area contributed by atoms with Crippen LogP contribution in [0.2, 0.25) is 0 Å². The second-order valence-corrected chi connectivity index (χ2v) is 5.01. The second kappa shape index (κ2) is 6.06. The third-order valence-electron chi connectivity index (χ3n) is 3.84. The molecule has 2 rings (SSSR count). The maximum absolute atomic E-state index is 9.84. The van der Waals surface area contributed by atoms with Gasteiger partial charge < -0.3 is 5.11 Å². The summed E-state index contributed by atoms with van der Waals surface area (Å²) in [7, 11) is 0. The van der Waals surface area contributed by atoms with Crippen LogP contribution in [-0.4, -0.2) is 22.6 Å². The summed E-state index contributed by atoms with van der Waals surface area (Å²) in [5.41, 5.74) is 1.06. The molecule has 1 aliphatic rings. The van der Waals surface area contributed by atoms with Gasteiger partial charge in [0, 0.05) is 18.2 Å². The molecule has 1 aliphatic heterocycles. The van der Waals surface area contributed by atoms with Crippen LogP contribution in [0.4, 0.5) is 0 Å². The smallest absolute Gasteiger partial charge is 0.120 e. The van der Waals surface area contributed by atoms with E-state index in [1.165, 1.54) is 38.6 Å². The lowest BCUT2D eigenvalue weighted by Gasteiger charge is -2.29. The van der Waals surface area contributed by atoms with Crippen LogP contribution in [0, 0.1) is 0 Å². The number of phenolic OH excluding ortho intramolecular Hbond substituents is 1. The van der Waals surface area contributed by atoms with Gasteiger partial charge in [-0.05, 0) is 31.9 Å². The van der Waals surface area contributed by atoms with Crippen LogP contribution in [0.25, 0.3) is 0 Å². The predicted octanol–water partition coefficient (Wildman–Crippen LogP) is 3.55. The normalized spacial score (nSPS) is 22.3. The Hall–Kier alpha value is -1.02. The van der Waals surface area contributed by atoms with Gasteiger partial charge in [-0.25, -0.2) is 0 Å². The van der Waals surface area contributed by atoms with Crippen LogP contribution in [0.3, 0.4) is 0 Å². The molecule has 0 saturated carbocycles. The monoisotopic (exact) mass is 233 g/mol. The highest BCUT2D eigenvalue weighted by atomic mass is 16.3. The standard InChI is InChI=1S/C15H23NO/c1-2-14-9-4-3-7-11-16(14)12-13-8-5-6-10-15(13)17/h5-6,8,10,14,17H,2-4,7,9,11-12H2,1H3. The van der Waals surface area contributed by atoms with E-state index in [1.807, 2.05) is 18.2 Å². The minimum absolute atomic E-state index is 0.437. The van der Waals surface area contributed by atoms with E-state index in [2.05, 4.69) is 11.8 Å². The molecule has 1 aromatic carbocycles. The van der Waals surface area contributed by atoms with Crippen molar-refractivity contribution < 1.29 is 5.11 Å². The highest BCUT2D eigenvalue weighted by Crippen LogP contribution is 2.24. The highest BCUT2D eigenvalue weighted by Gasteiger charge is 2.20. The third kappa shape index (κ3) is 3.22. The van der Waals surface area contributed by atoms with Gasteiger partial charge in [-0.15, -0.1) is 0 Å². The van der Waals surface area contributed by atoms with Gasteiger partial charge in [-0.3, -0.25) is 4.90 Å². The minimum Gasteiger partial charge on any atom is -0.508 e. The molecule has 17 heavy (non-hydrogen) atoms. The molecule has 1 fully saturated rings. The van der Waals surface area contributed by atoms with Crippen molar-refractivity contribution in [3.05, 3.63) is 29.8 Å². The van der Waals surface area contributed by atoms with Gasteiger partial charge in [0.05, 0.1) is 0 Å². The van der Waals surface area contributed by atoms with Crippen LogP contribution < -0.4 is 0 Å². The molecule has 1 atom stereocenters. The number of rotatable bonds is 3. The maximum Gasteiger partial charge on any atom is 0.120 e. The molecule has 1 heterocycles. The van der Waals surface area contributed by atoms with E-state index in [0.717, 1.165) is 12.1 Å². The lowest BCUT2D eigenvalue weighted by Crippen LogP contribution is -2.33. The molecule has 0 aromatic heterocycles. The van der Waals surface area contributed by atoms with E-state index in [4.69, 9.17) is 0 Å². The minimum atomic E-state index is 0.437. The molecule has 2 heteroatoms. The van der Waals surface area contributed by atoms with Gasteiger partial charge in [-0.1, -0.05) is 38.0 Å². The Morgan fingerprint density at radius 3 is 2.82 bits per heavy atom. The van der Waals surface area contributed by atoms with Crippen LogP contribution >= 0.6 is 0 Å². The van der Waals surface area contributed by atoms with E-state index in [0.29, 0.717) is 11.8 Å². The molecular weight excluding hydrogens is 210 g/mol. The molecule has 0 amide bonds. The number of aromatic hydroxyl groups is 1. The van der Waals surface area contributed by atoms with Crippen molar-refractivity contribution in [3.63, 3.8) is 0 Å². The number of nitrogens with zero attached hydrogens (tertiary/aromatic N) is 1. The molecule has 0 radical (unpaired) electrons. The topological polar surface area (TPSA) is 23.5 Å². The van der Waals surface area contributed by atoms with Crippen molar-refractivity contribution in [1.29, 1.82) is 0 Å². The first-order chi connectivity index (χ1) is 8.31. The molecule has 1 aromatic rings. The number of para-hydroxylation sites is 1. The summed E-state index contributed by atoms with van der Waals surface area (Å²) < 4.78 is 0. The summed E-state index contributed by atoms with van der Waals surface area (Å²) >= 11 is 0.